The number of unbranched alkanes of at least 4 members (excludes halogenated alkanes) is 4. The molecule has 0 aliphatic carbocycles. The molecule has 0 saturated heterocycles. The van der Waals surface area contributed by atoms with Crippen molar-refractivity contribution in [3.63, 3.8) is 0 Å². The number of hydrogen-bond donors (Lipinski definition) is 1. The Kier molecular flexibility index (Phi) is 6.88. The van der Waals surface area contributed by atoms with E-state index >= 15 is 0 Å². The third-order valence-electron chi connectivity index (χ3n) is 3.29. The van der Waals surface area contributed by atoms with Crippen molar-refractivity contribution in [3.05, 3.63) is 35.4 Å². The van der Waals surface area contributed by atoms with Crippen LogP contribution in [0.25, 0.3) is 0 Å². The van der Waals surface area contributed by atoms with Gasteiger partial charge in [-0.25, -0.2) is 8.78 Å². The van der Waals surface area contributed by atoms with Crippen molar-refractivity contribution in [3.8, 4) is 0 Å². The van der Waals surface area contributed by atoms with Crippen LogP contribution < -0.4 is 5.32 Å². The van der Waals surface area contributed by atoms with Crippen molar-refractivity contribution in [2.45, 2.75) is 51.5 Å². The van der Waals surface area contributed by atoms with E-state index in [9.17, 15) is 8.78 Å². The molecular formula is C15H23F2N. The smallest absolute Gasteiger partial charge is 0.130 e. The molecule has 1 unspecified atom stereocenters. The van der Waals surface area contributed by atoms with Crippen LogP contribution in [-0.4, -0.2) is 7.05 Å². The van der Waals surface area contributed by atoms with Crippen LogP contribution in [0, 0.1) is 11.6 Å². The zero-order chi connectivity index (χ0) is 13.4. The first kappa shape index (κ1) is 15.1. The van der Waals surface area contributed by atoms with Crippen LogP contribution in [-0.2, 0) is 0 Å². The van der Waals surface area contributed by atoms with Crippen LogP contribution in [0.4, 0.5) is 8.78 Å². The highest BCUT2D eigenvalue weighted by Gasteiger charge is 2.17. The first-order valence-corrected chi connectivity index (χ1v) is 6.81. The van der Waals surface area contributed by atoms with Gasteiger partial charge in [0, 0.05) is 11.6 Å². The Morgan fingerprint density at radius 1 is 1.06 bits per heavy atom. The number of rotatable bonds is 8. The van der Waals surface area contributed by atoms with Gasteiger partial charge in [0.15, 0.2) is 0 Å². The Morgan fingerprint density at radius 3 is 2.22 bits per heavy atom. The standard InChI is InChI=1S/C15H23F2N/c1-3-4-5-6-7-11-14(18-2)15-12(16)9-8-10-13(15)17/h8-10,14,18H,3-7,11H2,1-2H3. The van der Waals surface area contributed by atoms with Gasteiger partial charge in [-0.15, -0.1) is 0 Å². The molecule has 0 aromatic heterocycles. The molecule has 0 aliphatic rings. The van der Waals surface area contributed by atoms with Gasteiger partial charge < -0.3 is 5.32 Å². The first-order valence-electron chi connectivity index (χ1n) is 6.81. The lowest BCUT2D eigenvalue weighted by atomic mass is 9.99. The van der Waals surface area contributed by atoms with Gasteiger partial charge in [0.2, 0.25) is 0 Å². The van der Waals surface area contributed by atoms with Crippen LogP contribution in [0.5, 0.6) is 0 Å². The number of halogens is 2. The van der Waals surface area contributed by atoms with Crippen LogP contribution in [0.2, 0.25) is 0 Å². The Morgan fingerprint density at radius 2 is 1.67 bits per heavy atom. The molecule has 1 nitrogen and oxygen atoms in total. The SMILES string of the molecule is CCCCCCCC(NC)c1c(F)cccc1F. The summed E-state index contributed by atoms with van der Waals surface area (Å²) < 4.78 is 27.3. The minimum absolute atomic E-state index is 0.176. The molecule has 0 amide bonds. The molecule has 1 aromatic rings. The van der Waals surface area contributed by atoms with Crippen LogP contribution in [0.1, 0.15) is 57.1 Å². The third kappa shape index (κ3) is 4.37. The number of nitrogens with one attached hydrogen (secondary N) is 1. The van der Waals surface area contributed by atoms with E-state index in [4.69, 9.17) is 0 Å². The second-order valence-corrected chi connectivity index (χ2v) is 4.68. The summed E-state index contributed by atoms with van der Waals surface area (Å²) in [6.07, 6.45) is 6.54. The Labute approximate surface area is 109 Å². The molecule has 0 spiro atoms. The molecule has 18 heavy (non-hydrogen) atoms. The summed E-state index contributed by atoms with van der Waals surface area (Å²) in [5, 5.41) is 3.01. The summed E-state index contributed by atoms with van der Waals surface area (Å²) >= 11 is 0. The predicted molar refractivity (Wildman–Crippen MR) is 71.5 cm³/mol. The molecule has 0 fully saturated rings. The van der Waals surface area contributed by atoms with Gasteiger partial charge in [-0.1, -0.05) is 45.1 Å². The summed E-state index contributed by atoms with van der Waals surface area (Å²) in [7, 11) is 1.75. The van der Waals surface area contributed by atoms with E-state index in [2.05, 4.69) is 12.2 Å². The highest BCUT2D eigenvalue weighted by Crippen LogP contribution is 2.25. The van der Waals surface area contributed by atoms with Crippen LogP contribution >= 0.6 is 0 Å². The Hall–Kier alpha value is -0.960. The molecule has 3 heteroatoms. The Balaban J connectivity index is 2.55. The third-order valence-corrected chi connectivity index (χ3v) is 3.29. The molecular weight excluding hydrogens is 232 g/mol. The van der Waals surface area contributed by atoms with E-state index < -0.39 is 11.6 Å². The van der Waals surface area contributed by atoms with Gasteiger partial charge >= 0.3 is 0 Å². The van der Waals surface area contributed by atoms with Crippen molar-refractivity contribution in [2.24, 2.45) is 0 Å². The van der Waals surface area contributed by atoms with Crippen LogP contribution in [0.15, 0.2) is 18.2 Å². The lowest BCUT2D eigenvalue weighted by Crippen LogP contribution is -2.19. The quantitative estimate of drug-likeness (QED) is 0.670. The fourth-order valence-electron chi connectivity index (χ4n) is 2.23. The lowest BCUT2D eigenvalue weighted by Gasteiger charge is -2.18. The van der Waals surface area contributed by atoms with Gasteiger partial charge in [0.25, 0.3) is 0 Å². The van der Waals surface area contributed by atoms with Crippen LogP contribution in [0.3, 0.4) is 0 Å². The number of benzene rings is 1. The molecule has 0 aliphatic heterocycles. The van der Waals surface area contributed by atoms with Crippen molar-refractivity contribution >= 4 is 0 Å². The maximum Gasteiger partial charge on any atom is 0.130 e. The van der Waals surface area contributed by atoms with E-state index in [-0.39, 0.29) is 11.6 Å². The Bertz CT molecular complexity index is 332. The molecule has 1 atom stereocenters. The number of hydrogen-bond acceptors (Lipinski definition) is 1. The second-order valence-electron chi connectivity index (χ2n) is 4.68. The summed E-state index contributed by atoms with van der Waals surface area (Å²) in [5.74, 6) is -0.911. The van der Waals surface area contributed by atoms with Crippen molar-refractivity contribution in [1.29, 1.82) is 0 Å². The summed E-state index contributed by atoms with van der Waals surface area (Å²) in [4.78, 5) is 0. The molecule has 0 heterocycles. The normalized spacial score (nSPS) is 12.7. The minimum atomic E-state index is -0.456. The maximum absolute atomic E-state index is 13.6. The first-order chi connectivity index (χ1) is 8.70. The van der Waals surface area contributed by atoms with Gasteiger partial charge in [-0.3, -0.25) is 0 Å². The highest BCUT2D eigenvalue weighted by molar-refractivity contribution is 5.23. The largest absolute Gasteiger partial charge is 0.313 e. The summed E-state index contributed by atoms with van der Waals surface area (Å²) in [5.41, 5.74) is 0.176. The van der Waals surface area contributed by atoms with Crippen molar-refractivity contribution < 1.29 is 8.78 Å². The van der Waals surface area contributed by atoms with Gasteiger partial charge in [-0.2, -0.15) is 0 Å². The van der Waals surface area contributed by atoms with E-state index in [0.29, 0.717) is 0 Å². The van der Waals surface area contributed by atoms with Crippen molar-refractivity contribution in [2.75, 3.05) is 7.05 Å². The second kappa shape index (κ2) is 8.20. The highest BCUT2D eigenvalue weighted by atomic mass is 19.1. The zero-order valence-corrected chi connectivity index (χ0v) is 11.3. The summed E-state index contributed by atoms with van der Waals surface area (Å²) in [6, 6.07) is 3.81. The molecule has 102 valence electrons. The molecule has 1 aromatic carbocycles. The fraction of sp³-hybridized carbons (Fsp3) is 0.600. The molecule has 0 saturated carbocycles. The zero-order valence-electron chi connectivity index (χ0n) is 11.3. The monoisotopic (exact) mass is 255 g/mol. The predicted octanol–water partition coefficient (Wildman–Crippen LogP) is 4.59. The molecule has 1 N–H and O–H groups in total. The van der Waals surface area contributed by atoms with Gasteiger partial charge in [-0.05, 0) is 25.6 Å². The van der Waals surface area contributed by atoms with E-state index in [1.807, 2.05) is 0 Å². The average molecular weight is 255 g/mol. The van der Waals surface area contributed by atoms with E-state index in [0.717, 1.165) is 19.3 Å². The minimum Gasteiger partial charge on any atom is -0.313 e. The lowest BCUT2D eigenvalue weighted by molar-refractivity contribution is 0.451. The topological polar surface area (TPSA) is 12.0 Å². The summed E-state index contributed by atoms with van der Waals surface area (Å²) in [6.45, 7) is 2.17. The maximum atomic E-state index is 13.6. The average Bonchev–Trinajstić information content (AvgIpc) is 2.36. The van der Waals surface area contributed by atoms with Crippen molar-refractivity contribution in [1.82, 2.24) is 5.32 Å². The molecule has 1 rings (SSSR count). The van der Waals surface area contributed by atoms with E-state index in [1.54, 1.807) is 7.05 Å². The van der Waals surface area contributed by atoms with E-state index in [1.165, 1.54) is 37.5 Å². The van der Waals surface area contributed by atoms with Gasteiger partial charge in [0.1, 0.15) is 11.6 Å². The molecule has 0 radical (unpaired) electrons. The fourth-order valence-corrected chi connectivity index (χ4v) is 2.23. The molecule has 0 bridgehead atoms. The van der Waals surface area contributed by atoms with Gasteiger partial charge in [0.05, 0.1) is 0 Å².